The van der Waals surface area contributed by atoms with Crippen molar-refractivity contribution in [3.63, 3.8) is 0 Å². The molecule has 0 spiro atoms. The van der Waals surface area contributed by atoms with E-state index >= 15 is 0 Å². The number of aliphatic hydroxyl groups is 1. The molecule has 1 unspecified atom stereocenters. The lowest BCUT2D eigenvalue weighted by Gasteiger charge is -2.15. The molecule has 4 heteroatoms. The summed E-state index contributed by atoms with van der Waals surface area (Å²) in [7, 11) is 0. The molecule has 0 aromatic heterocycles. The van der Waals surface area contributed by atoms with E-state index in [0.717, 1.165) is 9.26 Å². The van der Waals surface area contributed by atoms with E-state index in [1.165, 1.54) is 0 Å². The molecular formula is C10H10INO2. The maximum atomic E-state index is 11.5. The second-order valence-electron chi connectivity index (χ2n) is 3.34. The van der Waals surface area contributed by atoms with Crippen molar-refractivity contribution >= 4 is 34.2 Å². The summed E-state index contributed by atoms with van der Waals surface area (Å²) >= 11 is 2.20. The molecule has 1 aromatic carbocycles. The van der Waals surface area contributed by atoms with Gasteiger partial charge in [0.05, 0.1) is 19.1 Å². The van der Waals surface area contributed by atoms with Crippen LogP contribution in [-0.2, 0) is 4.79 Å². The van der Waals surface area contributed by atoms with E-state index in [9.17, 15) is 9.90 Å². The van der Waals surface area contributed by atoms with Gasteiger partial charge in [-0.25, -0.2) is 0 Å². The number of carbonyl (C=O) groups is 1. The second-order valence-corrected chi connectivity index (χ2v) is 4.59. The molecule has 74 valence electrons. The Morgan fingerprint density at radius 2 is 2.29 bits per heavy atom. The molecule has 1 aliphatic rings. The minimum Gasteiger partial charge on any atom is -0.391 e. The van der Waals surface area contributed by atoms with Crippen LogP contribution in [0.25, 0.3) is 0 Å². The zero-order chi connectivity index (χ0) is 10.1. The summed E-state index contributed by atoms with van der Waals surface area (Å²) in [6, 6.07) is 7.71. The Hall–Kier alpha value is -0.620. The molecule has 1 atom stereocenters. The van der Waals surface area contributed by atoms with E-state index in [1.807, 2.05) is 24.3 Å². The van der Waals surface area contributed by atoms with Crippen LogP contribution in [0.1, 0.15) is 6.42 Å². The SMILES string of the molecule is O=C1CC(O)CN1c1cccc(I)c1. The van der Waals surface area contributed by atoms with Gasteiger partial charge >= 0.3 is 0 Å². The number of carbonyl (C=O) groups excluding carboxylic acids is 1. The van der Waals surface area contributed by atoms with Gasteiger partial charge in [0, 0.05) is 9.26 Å². The standard InChI is InChI=1S/C10H10INO2/c11-7-2-1-3-8(4-7)12-6-9(13)5-10(12)14/h1-4,9,13H,5-6H2. The fraction of sp³-hybridized carbons (Fsp3) is 0.300. The van der Waals surface area contributed by atoms with Gasteiger partial charge in [-0.1, -0.05) is 6.07 Å². The molecule has 1 saturated heterocycles. The number of halogens is 1. The number of benzene rings is 1. The molecule has 0 bridgehead atoms. The number of hydrogen-bond donors (Lipinski definition) is 1. The third-order valence-electron chi connectivity index (χ3n) is 2.22. The first kappa shape index (κ1) is 9.92. The van der Waals surface area contributed by atoms with E-state index in [4.69, 9.17) is 0 Å². The van der Waals surface area contributed by atoms with E-state index in [1.54, 1.807) is 4.90 Å². The zero-order valence-electron chi connectivity index (χ0n) is 7.48. The number of anilines is 1. The highest BCUT2D eigenvalue weighted by atomic mass is 127. The monoisotopic (exact) mass is 303 g/mol. The topological polar surface area (TPSA) is 40.5 Å². The summed E-state index contributed by atoms with van der Waals surface area (Å²) in [5, 5.41) is 9.34. The number of β-amino-alcohol motifs (C(OH)–C–C–N with tert-alkyl or cyclic N) is 1. The number of amides is 1. The van der Waals surface area contributed by atoms with Crippen LogP contribution >= 0.6 is 22.6 Å². The third kappa shape index (κ3) is 1.90. The summed E-state index contributed by atoms with van der Waals surface area (Å²) in [6.45, 7) is 0.416. The minimum atomic E-state index is -0.514. The summed E-state index contributed by atoms with van der Waals surface area (Å²) in [6.07, 6.45) is -0.272. The second kappa shape index (κ2) is 3.86. The average Bonchev–Trinajstić information content (AvgIpc) is 2.45. The van der Waals surface area contributed by atoms with Crippen molar-refractivity contribution in [1.29, 1.82) is 0 Å². The maximum Gasteiger partial charge on any atom is 0.229 e. The van der Waals surface area contributed by atoms with Gasteiger partial charge in [0.25, 0.3) is 0 Å². The molecule has 1 aromatic rings. The summed E-state index contributed by atoms with van der Waals surface area (Å²) < 4.78 is 1.09. The molecule has 2 rings (SSSR count). The van der Waals surface area contributed by atoms with Gasteiger partial charge in [-0.05, 0) is 40.8 Å². The molecule has 14 heavy (non-hydrogen) atoms. The fourth-order valence-corrected chi connectivity index (χ4v) is 2.11. The smallest absolute Gasteiger partial charge is 0.229 e. The lowest BCUT2D eigenvalue weighted by molar-refractivity contribution is -0.117. The normalized spacial score (nSPS) is 21.7. The summed E-state index contributed by atoms with van der Waals surface area (Å²) in [4.78, 5) is 13.1. The molecule has 1 N–H and O–H groups in total. The number of nitrogens with zero attached hydrogens (tertiary/aromatic N) is 1. The van der Waals surface area contributed by atoms with Crippen molar-refractivity contribution in [2.75, 3.05) is 11.4 Å². The molecular weight excluding hydrogens is 293 g/mol. The van der Waals surface area contributed by atoms with Crippen molar-refractivity contribution in [2.45, 2.75) is 12.5 Å². The highest BCUT2D eigenvalue weighted by Crippen LogP contribution is 2.22. The van der Waals surface area contributed by atoms with Crippen LogP contribution in [0.5, 0.6) is 0 Å². The van der Waals surface area contributed by atoms with Gasteiger partial charge in [0.15, 0.2) is 0 Å². The van der Waals surface area contributed by atoms with Gasteiger partial charge < -0.3 is 10.0 Å². The predicted octanol–water partition coefficient (Wildman–Crippen LogP) is 1.39. The Morgan fingerprint density at radius 1 is 1.50 bits per heavy atom. The van der Waals surface area contributed by atoms with Crippen molar-refractivity contribution in [3.05, 3.63) is 27.8 Å². The fourth-order valence-electron chi connectivity index (χ4n) is 1.58. The first-order valence-corrected chi connectivity index (χ1v) is 5.48. The molecule has 0 aliphatic carbocycles. The highest BCUT2D eigenvalue weighted by molar-refractivity contribution is 14.1. The van der Waals surface area contributed by atoms with E-state index in [-0.39, 0.29) is 12.3 Å². The summed E-state index contributed by atoms with van der Waals surface area (Å²) in [5.41, 5.74) is 0.874. The Bertz CT molecular complexity index is 367. The molecule has 3 nitrogen and oxygen atoms in total. The predicted molar refractivity (Wildman–Crippen MR) is 62.1 cm³/mol. The highest BCUT2D eigenvalue weighted by Gasteiger charge is 2.28. The molecule has 0 radical (unpaired) electrons. The lowest BCUT2D eigenvalue weighted by Crippen LogP contribution is -2.25. The van der Waals surface area contributed by atoms with Crippen molar-refractivity contribution < 1.29 is 9.90 Å². The Kier molecular flexibility index (Phi) is 2.73. The minimum absolute atomic E-state index is 0.000463. The van der Waals surface area contributed by atoms with Crippen LogP contribution < -0.4 is 4.90 Å². The quantitative estimate of drug-likeness (QED) is 0.797. The zero-order valence-corrected chi connectivity index (χ0v) is 9.64. The van der Waals surface area contributed by atoms with Gasteiger partial charge in [0.2, 0.25) is 5.91 Å². The van der Waals surface area contributed by atoms with Crippen LogP contribution in [0.15, 0.2) is 24.3 Å². The summed E-state index contributed by atoms with van der Waals surface area (Å²) in [5.74, 6) is -0.000463. The molecule has 0 saturated carbocycles. The van der Waals surface area contributed by atoms with E-state index < -0.39 is 6.10 Å². The van der Waals surface area contributed by atoms with Crippen molar-refractivity contribution in [3.8, 4) is 0 Å². The Morgan fingerprint density at radius 3 is 2.86 bits per heavy atom. The third-order valence-corrected chi connectivity index (χ3v) is 2.90. The van der Waals surface area contributed by atoms with Gasteiger partial charge in [0.1, 0.15) is 0 Å². The molecule has 1 fully saturated rings. The number of aliphatic hydroxyl groups excluding tert-OH is 1. The van der Waals surface area contributed by atoms with Crippen LogP contribution in [-0.4, -0.2) is 23.7 Å². The first-order valence-electron chi connectivity index (χ1n) is 4.41. The van der Waals surface area contributed by atoms with Gasteiger partial charge in [-0.2, -0.15) is 0 Å². The molecule has 1 amide bonds. The number of rotatable bonds is 1. The van der Waals surface area contributed by atoms with Crippen molar-refractivity contribution in [2.24, 2.45) is 0 Å². The first-order chi connectivity index (χ1) is 6.66. The maximum absolute atomic E-state index is 11.5. The van der Waals surface area contributed by atoms with Gasteiger partial charge in [-0.3, -0.25) is 4.79 Å². The Balaban J connectivity index is 2.27. The van der Waals surface area contributed by atoms with Crippen LogP contribution in [0.2, 0.25) is 0 Å². The average molecular weight is 303 g/mol. The van der Waals surface area contributed by atoms with Crippen LogP contribution in [0.3, 0.4) is 0 Å². The van der Waals surface area contributed by atoms with Crippen molar-refractivity contribution in [1.82, 2.24) is 0 Å². The van der Waals surface area contributed by atoms with Crippen LogP contribution in [0, 0.1) is 3.57 Å². The number of hydrogen-bond acceptors (Lipinski definition) is 2. The van der Waals surface area contributed by atoms with E-state index in [2.05, 4.69) is 22.6 Å². The lowest BCUT2D eigenvalue weighted by atomic mass is 10.3. The van der Waals surface area contributed by atoms with E-state index in [0.29, 0.717) is 6.54 Å². The van der Waals surface area contributed by atoms with Crippen LogP contribution in [0.4, 0.5) is 5.69 Å². The molecule has 1 heterocycles. The van der Waals surface area contributed by atoms with Gasteiger partial charge in [-0.15, -0.1) is 0 Å². The molecule has 1 aliphatic heterocycles. The Labute approximate surface area is 95.9 Å². The largest absolute Gasteiger partial charge is 0.391 e.